The molecule has 0 aliphatic heterocycles. The highest BCUT2D eigenvalue weighted by molar-refractivity contribution is 6.07. The Labute approximate surface area is 233 Å². The van der Waals surface area contributed by atoms with Gasteiger partial charge in [0.25, 0.3) is 0 Å². The number of hydrogen-bond donors (Lipinski definition) is 4. The molecule has 10 nitrogen and oxygen atoms in total. The van der Waals surface area contributed by atoms with Crippen molar-refractivity contribution in [1.82, 2.24) is 24.7 Å². The van der Waals surface area contributed by atoms with Crippen LogP contribution in [0.4, 0.5) is 20.7 Å². The third-order valence-corrected chi connectivity index (χ3v) is 6.53. The number of ether oxygens (including phenoxy) is 1. The Bertz CT molecular complexity index is 1970. The highest BCUT2D eigenvalue weighted by Gasteiger charge is 2.22. The lowest BCUT2D eigenvalue weighted by Gasteiger charge is -2.14. The van der Waals surface area contributed by atoms with Gasteiger partial charge < -0.3 is 15.0 Å². The number of carbonyl (C=O) groups excluding carboxylic acids is 1. The van der Waals surface area contributed by atoms with Crippen molar-refractivity contribution in [3.8, 4) is 17.2 Å². The fraction of sp³-hybridized carbons (Fsp3) is 0.133. The van der Waals surface area contributed by atoms with Gasteiger partial charge in [-0.15, -0.1) is 0 Å². The Morgan fingerprint density at radius 3 is 2.44 bits per heavy atom. The zero-order valence-electron chi connectivity index (χ0n) is 22.4. The highest BCUT2D eigenvalue weighted by Crippen LogP contribution is 2.36. The summed E-state index contributed by atoms with van der Waals surface area (Å²) in [6.07, 6.45) is 1.55. The quantitative estimate of drug-likeness (QED) is 0.195. The molecule has 6 rings (SSSR count). The second-order valence-corrected chi connectivity index (χ2v) is 10.5. The molecule has 3 aromatic carbocycles. The van der Waals surface area contributed by atoms with Crippen LogP contribution in [0.3, 0.4) is 0 Å². The van der Waals surface area contributed by atoms with Gasteiger partial charge in [-0.25, -0.2) is 23.6 Å². The number of rotatable bonds is 5. The molecule has 206 valence electrons. The van der Waals surface area contributed by atoms with Crippen LogP contribution in [0.1, 0.15) is 26.5 Å². The number of benzene rings is 3. The minimum atomic E-state index is -0.478. The van der Waals surface area contributed by atoms with Crippen molar-refractivity contribution >= 4 is 39.5 Å². The summed E-state index contributed by atoms with van der Waals surface area (Å²) in [5, 5.41) is 12.0. The molecule has 3 heterocycles. The zero-order valence-corrected chi connectivity index (χ0v) is 22.4. The highest BCUT2D eigenvalue weighted by atomic mass is 19.1. The molecule has 0 fully saturated rings. The van der Waals surface area contributed by atoms with E-state index < -0.39 is 6.03 Å². The Hall–Kier alpha value is -5.45. The van der Waals surface area contributed by atoms with E-state index in [-0.39, 0.29) is 16.9 Å². The fourth-order valence-electron chi connectivity index (χ4n) is 4.47. The number of pyridine rings is 1. The van der Waals surface area contributed by atoms with Gasteiger partial charge >= 0.3 is 11.7 Å². The molecule has 0 aliphatic carbocycles. The average Bonchev–Trinajstić information content (AvgIpc) is 3.54. The van der Waals surface area contributed by atoms with Crippen molar-refractivity contribution in [2.45, 2.75) is 26.2 Å². The van der Waals surface area contributed by atoms with Gasteiger partial charge in [0.15, 0.2) is 11.4 Å². The van der Waals surface area contributed by atoms with Crippen LogP contribution >= 0.6 is 0 Å². The smallest absolute Gasteiger partial charge is 0.325 e. The van der Waals surface area contributed by atoms with Gasteiger partial charge in [0.05, 0.1) is 17.1 Å². The number of carbonyl (C=O) groups is 1. The maximum Gasteiger partial charge on any atom is 0.325 e. The molecule has 0 atom stereocenters. The minimum Gasteiger partial charge on any atom is -0.454 e. The largest absolute Gasteiger partial charge is 0.454 e. The number of amides is 2. The zero-order chi connectivity index (χ0) is 28.7. The topological polar surface area (TPSA) is 130 Å². The van der Waals surface area contributed by atoms with Crippen LogP contribution in [0.25, 0.3) is 27.6 Å². The summed E-state index contributed by atoms with van der Waals surface area (Å²) in [7, 11) is 0. The number of urea groups is 1. The standard InChI is InChI=1S/C30H26FN7O3/c1-30(2,3)24-16-25(38(37-24)18-10-8-17(31)9-11-18)34-28(39)33-21-12-13-22(20-7-5-4-6-19(20)21)41-23-14-15-32-27-26(23)35-29(40)36-27/h4-16H,1-3H3,(H2,33,34,39)(H2,32,35,36,40). The van der Waals surface area contributed by atoms with Crippen LogP contribution in [0, 0.1) is 5.82 Å². The Morgan fingerprint density at radius 1 is 0.927 bits per heavy atom. The second kappa shape index (κ2) is 9.94. The van der Waals surface area contributed by atoms with Gasteiger partial charge in [0.1, 0.15) is 22.9 Å². The molecular weight excluding hydrogens is 525 g/mol. The maximum atomic E-state index is 13.6. The summed E-state index contributed by atoms with van der Waals surface area (Å²) in [5.41, 5.74) is 2.12. The van der Waals surface area contributed by atoms with Crippen LogP contribution in [-0.4, -0.2) is 30.8 Å². The van der Waals surface area contributed by atoms with E-state index in [0.717, 1.165) is 16.5 Å². The molecule has 0 spiro atoms. The van der Waals surface area contributed by atoms with E-state index >= 15 is 0 Å². The molecular formula is C30H26FN7O3. The number of fused-ring (bicyclic) bond motifs is 2. The summed E-state index contributed by atoms with van der Waals surface area (Å²) >= 11 is 0. The van der Waals surface area contributed by atoms with Gasteiger partial charge in [-0.2, -0.15) is 5.10 Å². The van der Waals surface area contributed by atoms with E-state index in [4.69, 9.17) is 4.74 Å². The number of anilines is 2. The molecule has 41 heavy (non-hydrogen) atoms. The van der Waals surface area contributed by atoms with Gasteiger partial charge in [0.2, 0.25) is 0 Å². The van der Waals surface area contributed by atoms with Crippen LogP contribution in [0.15, 0.2) is 83.8 Å². The molecule has 0 saturated carbocycles. The normalized spacial score (nSPS) is 11.6. The minimum absolute atomic E-state index is 0.280. The van der Waals surface area contributed by atoms with Gasteiger partial charge in [0, 0.05) is 34.5 Å². The predicted octanol–water partition coefficient (Wildman–Crippen LogP) is 6.46. The number of nitrogens with zero attached hydrogens (tertiary/aromatic N) is 3. The summed E-state index contributed by atoms with van der Waals surface area (Å²) in [4.78, 5) is 34.5. The third-order valence-electron chi connectivity index (χ3n) is 6.53. The lowest BCUT2D eigenvalue weighted by Crippen LogP contribution is -2.21. The first kappa shape index (κ1) is 25.8. The Morgan fingerprint density at radius 2 is 1.68 bits per heavy atom. The van der Waals surface area contributed by atoms with Crippen LogP contribution < -0.4 is 21.1 Å². The molecule has 0 saturated heterocycles. The molecule has 4 N–H and O–H groups in total. The third kappa shape index (κ3) is 5.12. The van der Waals surface area contributed by atoms with Gasteiger partial charge in [-0.05, 0) is 36.4 Å². The molecule has 2 amide bonds. The monoisotopic (exact) mass is 551 g/mol. The van der Waals surface area contributed by atoms with Crippen molar-refractivity contribution in [1.29, 1.82) is 0 Å². The molecule has 0 unspecified atom stereocenters. The van der Waals surface area contributed by atoms with Crippen LogP contribution in [-0.2, 0) is 5.41 Å². The van der Waals surface area contributed by atoms with Crippen molar-refractivity contribution in [2.24, 2.45) is 0 Å². The first-order valence-corrected chi connectivity index (χ1v) is 12.9. The summed E-state index contributed by atoms with van der Waals surface area (Å²) < 4.78 is 21.3. The predicted molar refractivity (Wildman–Crippen MR) is 156 cm³/mol. The maximum absolute atomic E-state index is 13.6. The number of hydrogen-bond acceptors (Lipinski definition) is 5. The number of H-pyrrole nitrogens is 2. The van der Waals surface area contributed by atoms with Gasteiger partial charge in [-0.3, -0.25) is 10.3 Å². The summed E-state index contributed by atoms with van der Waals surface area (Å²) in [5.74, 6) is 1.04. The van der Waals surface area contributed by atoms with Crippen molar-refractivity contribution in [3.05, 3.63) is 101 Å². The molecule has 0 aliphatic rings. The molecule has 11 heteroatoms. The van der Waals surface area contributed by atoms with Gasteiger partial charge in [-0.1, -0.05) is 45.0 Å². The Kier molecular flexibility index (Phi) is 6.26. The summed E-state index contributed by atoms with van der Waals surface area (Å²) in [6, 6.07) is 19.9. The molecule has 0 radical (unpaired) electrons. The van der Waals surface area contributed by atoms with E-state index in [1.54, 1.807) is 47.3 Å². The van der Waals surface area contributed by atoms with Crippen molar-refractivity contribution in [2.75, 3.05) is 10.6 Å². The number of aromatic nitrogens is 5. The fourth-order valence-corrected chi connectivity index (χ4v) is 4.47. The number of imidazole rings is 1. The van der Waals surface area contributed by atoms with Crippen molar-refractivity contribution in [3.63, 3.8) is 0 Å². The number of halogens is 1. The van der Waals surface area contributed by atoms with E-state index in [1.807, 2.05) is 45.0 Å². The number of aromatic amines is 2. The van der Waals surface area contributed by atoms with E-state index in [9.17, 15) is 14.0 Å². The molecule has 3 aromatic heterocycles. The Balaban J connectivity index is 1.30. The first-order chi connectivity index (χ1) is 19.7. The van der Waals surface area contributed by atoms with Crippen LogP contribution in [0.5, 0.6) is 11.5 Å². The average molecular weight is 552 g/mol. The number of nitrogens with one attached hydrogen (secondary N) is 4. The molecule has 0 bridgehead atoms. The summed E-state index contributed by atoms with van der Waals surface area (Å²) in [6.45, 7) is 6.07. The second-order valence-electron chi connectivity index (χ2n) is 10.5. The van der Waals surface area contributed by atoms with E-state index in [1.165, 1.54) is 12.1 Å². The first-order valence-electron chi connectivity index (χ1n) is 12.9. The lowest BCUT2D eigenvalue weighted by atomic mass is 9.92. The van der Waals surface area contributed by atoms with Crippen molar-refractivity contribution < 1.29 is 13.9 Å². The molecule has 6 aromatic rings. The van der Waals surface area contributed by atoms with E-state index in [0.29, 0.717) is 39.9 Å². The lowest BCUT2D eigenvalue weighted by molar-refractivity contribution is 0.262. The van der Waals surface area contributed by atoms with Crippen LogP contribution in [0.2, 0.25) is 0 Å². The SMILES string of the molecule is CC(C)(C)c1cc(NC(=O)Nc2ccc(Oc3ccnc4[nH]c(=O)[nH]c34)c3ccccc23)n(-c2ccc(F)cc2)n1. The van der Waals surface area contributed by atoms with E-state index in [2.05, 4.69) is 30.7 Å².